The van der Waals surface area contributed by atoms with E-state index in [4.69, 9.17) is 10.5 Å². The first kappa shape index (κ1) is 20.5. The molecule has 1 aromatic rings. The van der Waals surface area contributed by atoms with Crippen molar-refractivity contribution in [1.29, 1.82) is 0 Å². The molecule has 2 aliphatic heterocycles. The Balaban J connectivity index is 1.64. The van der Waals surface area contributed by atoms with Crippen LogP contribution < -0.4 is 10.5 Å². The summed E-state index contributed by atoms with van der Waals surface area (Å²) in [5.41, 5.74) is 5.40. The lowest BCUT2D eigenvalue weighted by Crippen LogP contribution is -2.57. The number of carbonyl (C=O) groups is 2. The fourth-order valence-corrected chi connectivity index (χ4v) is 3.73. The largest absolute Gasteiger partial charge is 0.434 e. The van der Waals surface area contributed by atoms with Crippen molar-refractivity contribution < 1.29 is 27.8 Å². The molecule has 0 aliphatic carbocycles. The summed E-state index contributed by atoms with van der Waals surface area (Å²) in [7, 11) is 0. The van der Waals surface area contributed by atoms with Gasteiger partial charge in [0, 0.05) is 45.9 Å². The van der Waals surface area contributed by atoms with Gasteiger partial charge in [-0.2, -0.15) is 8.78 Å². The lowest BCUT2D eigenvalue weighted by molar-refractivity contribution is -0.148. The zero-order valence-electron chi connectivity index (χ0n) is 15.6. The van der Waals surface area contributed by atoms with E-state index in [9.17, 15) is 18.4 Å². The number of para-hydroxylation sites is 1. The number of nitrogens with two attached hydrogens (primary N) is 1. The second-order valence-electron chi connectivity index (χ2n) is 7.06. The smallest absolute Gasteiger partial charge is 0.387 e. The molecule has 1 aromatic carbocycles. The number of halogens is 2. The van der Waals surface area contributed by atoms with Crippen LogP contribution in [0.5, 0.6) is 5.75 Å². The van der Waals surface area contributed by atoms with E-state index in [0.717, 1.165) is 0 Å². The predicted molar refractivity (Wildman–Crippen MR) is 97.1 cm³/mol. The SMILES string of the molecule is NCC1(C(=O)N2CCN(C(=O)c3ccccc3OC(F)F)CC2)CCOCC1. The molecule has 2 heterocycles. The van der Waals surface area contributed by atoms with Crippen molar-refractivity contribution in [2.45, 2.75) is 19.5 Å². The number of benzene rings is 1. The van der Waals surface area contributed by atoms with Crippen LogP contribution in [0.2, 0.25) is 0 Å². The average Bonchev–Trinajstić information content (AvgIpc) is 2.73. The van der Waals surface area contributed by atoms with Crippen molar-refractivity contribution >= 4 is 11.8 Å². The molecule has 0 unspecified atom stereocenters. The molecule has 3 rings (SSSR count). The molecule has 9 heteroatoms. The summed E-state index contributed by atoms with van der Waals surface area (Å²) < 4.78 is 35.0. The van der Waals surface area contributed by atoms with Gasteiger partial charge in [-0.25, -0.2) is 0 Å². The fraction of sp³-hybridized carbons (Fsp3) is 0.579. The molecular formula is C19H25F2N3O4. The molecule has 7 nitrogen and oxygen atoms in total. The van der Waals surface area contributed by atoms with Crippen LogP contribution in [0.4, 0.5) is 8.78 Å². The third kappa shape index (κ3) is 4.25. The minimum atomic E-state index is -3.00. The summed E-state index contributed by atoms with van der Waals surface area (Å²) in [6.45, 7) is -0.293. The van der Waals surface area contributed by atoms with E-state index in [2.05, 4.69) is 4.74 Å². The van der Waals surface area contributed by atoms with Gasteiger partial charge in [0.2, 0.25) is 5.91 Å². The van der Waals surface area contributed by atoms with Gasteiger partial charge in [-0.1, -0.05) is 12.1 Å². The third-order valence-corrected chi connectivity index (χ3v) is 5.48. The molecule has 154 valence electrons. The summed E-state index contributed by atoms with van der Waals surface area (Å²) in [6, 6.07) is 5.94. The van der Waals surface area contributed by atoms with E-state index in [-0.39, 0.29) is 29.7 Å². The number of nitrogens with zero attached hydrogens (tertiary/aromatic N) is 2. The minimum absolute atomic E-state index is 0.00633. The number of amides is 2. The van der Waals surface area contributed by atoms with Crippen LogP contribution in [0.15, 0.2) is 24.3 Å². The second-order valence-corrected chi connectivity index (χ2v) is 7.06. The number of hydrogen-bond acceptors (Lipinski definition) is 5. The van der Waals surface area contributed by atoms with Crippen LogP contribution in [0.1, 0.15) is 23.2 Å². The highest BCUT2D eigenvalue weighted by Crippen LogP contribution is 2.32. The lowest BCUT2D eigenvalue weighted by atomic mass is 9.78. The number of piperazine rings is 1. The topological polar surface area (TPSA) is 85.1 Å². The summed E-state index contributed by atoms with van der Waals surface area (Å²) >= 11 is 0. The van der Waals surface area contributed by atoms with Gasteiger partial charge >= 0.3 is 6.61 Å². The number of ether oxygens (including phenoxy) is 2. The molecule has 0 bridgehead atoms. The van der Waals surface area contributed by atoms with Crippen molar-refractivity contribution in [2.24, 2.45) is 11.1 Å². The first-order valence-corrected chi connectivity index (χ1v) is 9.37. The summed E-state index contributed by atoms with van der Waals surface area (Å²) in [5, 5.41) is 0. The van der Waals surface area contributed by atoms with Gasteiger partial charge in [0.15, 0.2) is 0 Å². The van der Waals surface area contributed by atoms with E-state index < -0.39 is 12.0 Å². The molecule has 0 radical (unpaired) electrons. The predicted octanol–water partition coefficient (Wildman–Crippen LogP) is 1.33. The standard InChI is InChI=1S/C19H25F2N3O4/c20-18(21)28-15-4-2-1-3-14(15)16(25)23-7-9-24(10-8-23)17(26)19(13-22)5-11-27-12-6-19/h1-4,18H,5-13,22H2. The minimum Gasteiger partial charge on any atom is -0.434 e. The molecule has 2 fully saturated rings. The lowest BCUT2D eigenvalue weighted by Gasteiger charge is -2.42. The highest BCUT2D eigenvalue weighted by Gasteiger charge is 2.42. The Hall–Kier alpha value is -2.26. The number of carbonyl (C=O) groups excluding carboxylic acids is 2. The van der Waals surface area contributed by atoms with E-state index in [1.54, 1.807) is 15.9 Å². The van der Waals surface area contributed by atoms with Crippen LogP contribution in [-0.4, -0.2) is 74.2 Å². The Kier molecular flexibility index (Phi) is 6.46. The van der Waals surface area contributed by atoms with Crippen molar-refractivity contribution in [3.63, 3.8) is 0 Å². The first-order valence-electron chi connectivity index (χ1n) is 9.37. The fourth-order valence-electron chi connectivity index (χ4n) is 3.73. The Morgan fingerprint density at radius 2 is 1.71 bits per heavy atom. The second kappa shape index (κ2) is 8.83. The Bertz CT molecular complexity index is 702. The molecule has 0 aromatic heterocycles. The van der Waals surface area contributed by atoms with Crippen LogP contribution in [0, 0.1) is 5.41 Å². The van der Waals surface area contributed by atoms with Crippen molar-refractivity contribution in [3.8, 4) is 5.75 Å². The van der Waals surface area contributed by atoms with Crippen LogP contribution in [0.25, 0.3) is 0 Å². The highest BCUT2D eigenvalue weighted by atomic mass is 19.3. The Morgan fingerprint density at radius 1 is 1.11 bits per heavy atom. The molecular weight excluding hydrogens is 372 g/mol. The van der Waals surface area contributed by atoms with Gasteiger partial charge in [0.25, 0.3) is 5.91 Å². The monoisotopic (exact) mass is 397 g/mol. The molecule has 2 N–H and O–H groups in total. The summed E-state index contributed by atoms with van der Waals surface area (Å²) in [6.07, 6.45) is 1.19. The Labute approximate surface area is 162 Å². The summed E-state index contributed by atoms with van der Waals surface area (Å²) in [4.78, 5) is 29.1. The number of hydrogen-bond donors (Lipinski definition) is 1. The summed E-state index contributed by atoms with van der Waals surface area (Å²) in [5.74, 6) is -0.528. The normalized spacial score (nSPS) is 19.6. The maximum absolute atomic E-state index is 13.0. The maximum atomic E-state index is 13.0. The van der Waals surface area contributed by atoms with Gasteiger partial charge in [-0.3, -0.25) is 9.59 Å². The Morgan fingerprint density at radius 3 is 2.32 bits per heavy atom. The van der Waals surface area contributed by atoms with Crippen molar-refractivity contribution in [3.05, 3.63) is 29.8 Å². The number of rotatable bonds is 5. The zero-order chi connectivity index (χ0) is 20.1. The molecule has 28 heavy (non-hydrogen) atoms. The first-order chi connectivity index (χ1) is 13.5. The van der Waals surface area contributed by atoms with Crippen LogP contribution in [0.3, 0.4) is 0 Å². The third-order valence-electron chi connectivity index (χ3n) is 5.48. The van der Waals surface area contributed by atoms with Gasteiger partial charge in [0.05, 0.1) is 11.0 Å². The molecule has 2 amide bonds. The maximum Gasteiger partial charge on any atom is 0.387 e. The quantitative estimate of drug-likeness (QED) is 0.810. The van der Waals surface area contributed by atoms with Gasteiger partial charge < -0.3 is 25.0 Å². The van der Waals surface area contributed by atoms with Gasteiger partial charge in [0.1, 0.15) is 5.75 Å². The van der Waals surface area contributed by atoms with Crippen molar-refractivity contribution in [2.75, 3.05) is 45.9 Å². The average molecular weight is 397 g/mol. The molecule has 0 saturated carbocycles. The van der Waals surface area contributed by atoms with Gasteiger partial charge in [-0.15, -0.1) is 0 Å². The van der Waals surface area contributed by atoms with E-state index in [1.165, 1.54) is 18.2 Å². The highest BCUT2D eigenvalue weighted by molar-refractivity contribution is 5.97. The van der Waals surface area contributed by atoms with Crippen LogP contribution >= 0.6 is 0 Å². The van der Waals surface area contributed by atoms with E-state index >= 15 is 0 Å². The molecule has 0 spiro atoms. The van der Waals surface area contributed by atoms with E-state index in [1.807, 2.05) is 0 Å². The molecule has 2 aliphatic rings. The molecule has 2 saturated heterocycles. The zero-order valence-corrected chi connectivity index (χ0v) is 15.6. The van der Waals surface area contributed by atoms with Crippen molar-refractivity contribution in [1.82, 2.24) is 9.80 Å². The van der Waals surface area contributed by atoms with E-state index in [0.29, 0.717) is 52.2 Å². The van der Waals surface area contributed by atoms with Gasteiger partial charge in [-0.05, 0) is 25.0 Å². The number of alkyl halides is 2. The molecule has 0 atom stereocenters. The van der Waals surface area contributed by atoms with Crippen LogP contribution in [-0.2, 0) is 9.53 Å².